The maximum Gasteiger partial charge on any atom is 0.243 e. The van der Waals surface area contributed by atoms with E-state index in [4.69, 9.17) is 10.5 Å². The van der Waals surface area contributed by atoms with Crippen molar-refractivity contribution in [1.29, 1.82) is 0 Å². The minimum absolute atomic E-state index is 0.0530. The molecular formula is C21H27N3O2. The first-order chi connectivity index (χ1) is 12.2. The van der Waals surface area contributed by atoms with E-state index in [1.54, 1.807) is 0 Å². The molecule has 2 aromatic carbocycles. The maximum absolute atomic E-state index is 12.6. The summed E-state index contributed by atoms with van der Waals surface area (Å²) in [5, 5.41) is 2.98. The summed E-state index contributed by atoms with van der Waals surface area (Å²) in [5.74, 6) is 1.14. The Balaban J connectivity index is 1.72. The van der Waals surface area contributed by atoms with Gasteiger partial charge in [-0.05, 0) is 49.6 Å². The Morgan fingerprint density at radius 2 is 1.92 bits per heavy atom. The zero-order valence-electron chi connectivity index (χ0n) is 15.9. The monoisotopic (exact) mass is 353 g/mol. The van der Waals surface area contributed by atoms with Crippen LogP contribution in [-0.4, -0.2) is 24.6 Å². The van der Waals surface area contributed by atoms with Crippen molar-refractivity contribution >= 4 is 23.0 Å². The predicted octanol–water partition coefficient (Wildman–Crippen LogP) is 4.01. The first-order valence-electron chi connectivity index (χ1n) is 8.97. The highest BCUT2D eigenvalue weighted by atomic mass is 16.5. The molecule has 1 amide bonds. The molecule has 5 heteroatoms. The number of nitrogens with one attached hydrogen (secondary N) is 1. The number of carbonyl (C=O) groups excluding carboxylic acids is 1. The summed E-state index contributed by atoms with van der Waals surface area (Å²) in [5.41, 5.74) is 9.09. The van der Waals surface area contributed by atoms with Crippen molar-refractivity contribution in [3.8, 4) is 5.75 Å². The van der Waals surface area contributed by atoms with Crippen LogP contribution in [-0.2, 0) is 4.79 Å². The summed E-state index contributed by atoms with van der Waals surface area (Å²) in [6.45, 7) is 9.21. The topological polar surface area (TPSA) is 67.6 Å². The second-order valence-electron chi connectivity index (χ2n) is 7.77. The zero-order valence-corrected chi connectivity index (χ0v) is 15.9. The SMILES string of the molecule is CC(C)c1ccc(NC(=O)CN2CC(C)(C)Oc3cc(N)ccc32)cc1. The third-order valence-corrected chi connectivity index (χ3v) is 4.48. The van der Waals surface area contributed by atoms with Crippen molar-refractivity contribution in [1.82, 2.24) is 0 Å². The first kappa shape index (κ1) is 18.1. The van der Waals surface area contributed by atoms with Gasteiger partial charge < -0.3 is 20.7 Å². The van der Waals surface area contributed by atoms with Crippen LogP contribution in [0.1, 0.15) is 39.2 Å². The van der Waals surface area contributed by atoms with Gasteiger partial charge in [0.05, 0.1) is 18.8 Å². The molecule has 0 radical (unpaired) electrons. The maximum atomic E-state index is 12.6. The Bertz CT molecular complexity index is 797. The van der Waals surface area contributed by atoms with Gasteiger partial charge in [-0.25, -0.2) is 0 Å². The lowest BCUT2D eigenvalue weighted by molar-refractivity contribution is -0.115. The van der Waals surface area contributed by atoms with Crippen LogP contribution in [0.15, 0.2) is 42.5 Å². The van der Waals surface area contributed by atoms with Crippen molar-refractivity contribution in [3.63, 3.8) is 0 Å². The number of fused-ring (bicyclic) bond motifs is 1. The second kappa shape index (κ2) is 6.90. The van der Waals surface area contributed by atoms with Gasteiger partial charge in [0.25, 0.3) is 0 Å². The molecular weight excluding hydrogens is 326 g/mol. The molecule has 2 aromatic rings. The summed E-state index contributed by atoms with van der Waals surface area (Å²) in [6, 6.07) is 13.6. The van der Waals surface area contributed by atoms with E-state index in [9.17, 15) is 4.79 Å². The van der Waals surface area contributed by atoms with Crippen molar-refractivity contribution in [2.24, 2.45) is 0 Å². The number of nitrogen functional groups attached to an aromatic ring is 1. The number of amides is 1. The van der Waals surface area contributed by atoms with Gasteiger partial charge in [0.2, 0.25) is 5.91 Å². The van der Waals surface area contributed by atoms with E-state index >= 15 is 0 Å². The molecule has 3 N–H and O–H groups in total. The number of hydrogen-bond donors (Lipinski definition) is 2. The van der Waals surface area contributed by atoms with Gasteiger partial charge in [0.15, 0.2) is 0 Å². The fourth-order valence-corrected chi connectivity index (χ4v) is 3.21. The molecule has 0 bridgehead atoms. The number of rotatable bonds is 4. The van der Waals surface area contributed by atoms with Gasteiger partial charge in [-0.3, -0.25) is 4.79 Å². The molecule has 0 aliphatic carbocycles. The molecule has 0 aromatic heterocycles. The van der Waals surface area contributed by atoms with E-state index in [0.29, 0.717) is 18.2 Å². The number of anilines is 3. The molecule has 26 heavy (non-hydrogen) atoms. The lowest BCUT2D eigenvalue weighted by atomic mass is 10.0. The molecule has 0 spiro atoms. The van der Waals surface area contributed by atoms with Gasteiger partial charge in [-0.15, -0.1) is 0 Å². The third-order valence-electron chi connectivity index (χ3n) is 4.48. The van der Waals surface area contributed by atoms with Crippen LogP contribution in [0.3, 0.4) is 0 Å². The van der Waals surface area contributed by atoms with Crippen LogP contribution in [0.4, 0.5) is 17.1 Å². The van der Waals surface area contributed by atoms with E-state index < -0.39 is 0 Å². The summed E-state index contributed by atoms with van der Waals surface area (Å²) >= 11 is 0. The van der Waals surface area contributed by atoms with Crippen LogP contribution < -0.4 is 20.7 Å². The van der Waals surface area contributed by atoms with Crippen molar-refractivity contribution < 1.29 is 9.53 Å². The number of nitrogens with zero attached hydrogens (tertiary/aromatic N) is 1. The molecule has 5 nitrogen and oxygen atoms in total. The van der Waals surface area contributed by atoms with E-state index in [1.165, 1.54) is 5.56 Å². The molecule has 0 atom stereocenters. The van der Waals surface area contributed by atoms with Crippen molar-refractivity contribution in [2.45, 2.75) is 39.2 Å². The molecule has 3 rings (SSSR count). The number of hydrogen-bond acceptors (Lipinski definition) is 4. The van der Waals surface area contributed by atoms with Crippen LogP contribution in [0.2, 0.25) is 0 Å². The fraction of sp³-hybridized carbons (Fsp3) is 0.381. The molecule has 0 unspecified atom stereocenters. The van der Waals surface area contributed by atoms with Crippen LogP contribution in [0, 0.1) is 0 Å². The zero-order chi connectivity index (χ0) is 18.9. The minimum Gasteiger partial charge on any atom is -0.484 e. The van der Waals surface area contributed by atoms with Crippen molar-refractivity contribution in [3.05, 3.63) is 48.0 Å². The van der Waals surface area contributed by atoms with E-state index in [1.807, 2.05) is 49.1 Å². The highest BCUT2D eigenvalue weighted by Crippen LogP contribution is 2.38. The van der Waals surface area contributed by atoms with Gasteiger partial charge in [-0.1, -0.05) is 26.0 Å². The van der Waals surface area contributed by atoms with Crippen LogP contribution in [0.25, 0.3) is 0 Å². The number of benzene rings is 2. The molecule has 0 saturated heterocycles. The molecule has 138 valence electrons. The minimum atomic E-state index is -0.389. The summed E-state index contributed by atoms with van der Waals surface area (Å²) in [6.07, 6.45) is 0. The Kier molecular flexibility index (Phi) is 4.81. The molecule has 1 heterocycles. The summed E-state index contributed by atoms with van der Waals surface area (Å²) < 4.78 is 6.01. The largest absolute Gasteiger partial charge is 0.484 e. The second-order valence-corrected chi connectivity index (χ2v) is 7.77. The summed E-state index contributed by atoms with van der Waals surface area (Å²) in [4.78, 5) is 14.6. The third kappa shape index (κ3) is 4.10. The van der Waals surface area contributed by atoms with E-state index in [2.05, 4.69) is 31.3 Å². The van der Waals surface area contributed by atoms with Gasteiger partial charge in [0.1, 0.15) is 11.4 Å². The Hall–Kier alpha value is -2.69. The van der Waals surface area contributed by atoms with Crippen LogP contribution >= 0.6 is 0 Å². The molecule has 1 aliphatic rings. The Morgan fingerprint density at radius 3 is 2.58 bits per heavy atom. The normalized spacial score (nSPS) is 15.3. The van der Waals surface area contributed by atoms with E-state index in [-0.39, 0.29) is 18.1 Å². The Morgan fingerprint density at radius 1 is 1.23 bits per heavy atom. The summed E-state index contributed by atoms with van der Waals surface area (Å²) in [7, 11) is 0. The lowest BCUT2D eigenvalue weighted by Crippen LogP contribution is -2.49. The quantitative estimate of drug-likeness (QED) is 0.815. The number of ether oxygens (including phenoxy) is 1. The highest BCUT2D eigenvalue weighted by molar-refractivity contribution is 5.94. The standard InChI is InChI=1S/C21H27N3O2/c1-14(2)15-5-8-17(9-6-15)23-20(25)12-24-13-21(3,4)26-19-11-16(22)7-10-18(19)24/h5-11,14H,12-13,22H2,1-4H3,(H,23,25). The Labute approximate surface area is 155 Å². The number of carbonyl (C=O) groups is 1. The van der Waals surface area contributed by atoms with Gasteiger partial charge in [-0.2, -0.15) is 0 Å². The molecule has 0 fully saturated rings. The fourth-order valence-electron chi connectivity index (χ4n) is 3.21. The van der Waals surface area contributed by atoms with Gasteiger partial charge >= 0.3 is 0 Å². The molecule has 1 aliphatic heterocycles. The van der Waals surface area contributed by atoms with Crippen molar-refractivity contribution in [2.75, 3.05) is 29.0 Å². The van der Waals surface area contributed by atoms with Gasteiger partial charge in [0, 0.05) is 17.4 Å². The first-order valence-corrected chi connectivity index (χ1v) is 8.97. The average Bonchev–Trinajstić information content (AvgIpc) is 2.53. The average molecular weight is 353 g/mol. The smallest absolute Gasteiger partial charge is 0.243 e. The number of nitrogens with two attached hydrogens (primary N) is 1. The predicted molar refractivity (Wildman–Crippen MR) is 107 cm³/mol. The van der Waals surface area contributed by atoms with Crippen LogP contribution in [0.5, 0.6) is 5.75 Å². The lowest BCUT2D eigenvalue weighted by Gasteiger charge is -2.40. The highest BCUT2D eigenvalue weighted by Gasteiger charge is 2.32. The molecule has 0 saturated carbocycles. The van der Waals surface area contributed by atoms with E-state index in [0.717, 1.165) is 17.1 Å².